The van der Waals surface area contributed by atoms with E-state index in [0.717, 1.165) is 5.92 Å². The maximum absolute atomic E-state index is 2.42. The second-order valence-electron chi connectivity index (χ2n) is 5.04. The Morgan fingerprint density at radius 1 is 1.47 bits per heavy atom. The van der Waals surface area contributed by atoms with Crippen LogP contribution in [0.1, 0.15) is 66.2 Å². The van der Waals surface area contributed by atoms with E-state index >= 15 is 0 Å². The fourth-order valence-corrected chi connectivity index (χ4v) is 2.51. The van der Waals surface area contributed by atoms with Gasteiger partial charge in [-0.05, 0) is 58.3 Å². The van der Waals surface area contributed by atoms with Gasteiger partial charge in [0.05, 0.1) is 0 Å². The van der Waals surface area contributed by atoms with Crippen molar-refractivity contribution in [3.63, 3.8) is 0 Å². The van der Waals surface area contributed by atoms with E-state index in [2.05, 4.69) is 33.8 Å². The topological polar surface area (TPSA) is 0 Å². The fraction of sp³-hybridized carbons (Fsp3) is 0.733. The Kier molecular flexibility index (Phi) is 5.14. The van der Waals surface area contributed by atoms with Crippen molar-refractivity contribution in [1.29, 1.82) is 0 Å². The van der Waals surface area contributed by atoms with Crippen LogP contribution in [0.2, 0.25) is 0 Å². The first kappa shape index (κ1) is 12.5. The van der Waals surface area contributed by atoms with Crippen LogP contribution in [-0.4, -0.2) is 0 Å². The normalized spacial score (nSPS) is 23.5. The summed E-state index contributed by atoms with van der Waals surface area (Å²) < 4.78 is 0. The van der Waals surface area contributed by atoms with Crippen molar-refractivity contribution in [1.82, 2.24) is 0 Å². The SMILES string of the molecule is CC/C(C)=C/CCC1=C(C)CCCC1C. The van der Waals surface area contributed by atoms with Crippen LogP contribution in [0.3, 0.4) is 0 Å². The Labute approximate surface area is 95.5 Å². The zero-order valence-corrected chi connectivity index (χ0v) is 10.9. The molecule has 0 aromatic rings. The van der Waals surface area contributed by atoms with Gasteiger partial charge in [0.25, 0.3) is 0 Å². The van der Waals surface area contributed by atoms with Crippen LogP contribution in [0.4, 0.5) is 0 Å². The maximum atomic E-state index is 2.42. The third-order valence-corrected chi connectivity index (χ3v) is 3.80. The van der Waals surface area contributed by atoms with Gasteiger partial charge >= 0.3 is 0 Å². The molecule has 1 aliphatic carbocycles. The van der Waals surface area contributed by atoms with Gasteiger partial charge in [-0.25, -0.2) is 0 Å². The van der Waals surface area contributed by atoms with Crippen LogP contribution >= 0.6 is 0 Å². The van der Waals surface area contributed by atoms with Crippen LogP contribution in [0.25, 0.3) is 0 Å². The molecule has 0 heterocycles. The van der Waals surface area contributed by atoms with Gasteiger partial charge in [0.15, 0.2) is 0 Å². The summed E-state index contributed by atoms with van der Waals surface area (Å²) in [6.45, 7) is 9.21. The Morgan fingerprint density at radius 3 is 2.80 bits per heavy atom. The lowest BCUT2D eigenvalue weighted by atomic mass is 9.82. The number of allylic oxidation sites excluding steroid dienone is 4. The predicted octanol–water partition coefficient (Wildman–Crippen LogP) is 5.26. The highest BCUT2D eigenvalue weighted by Crippen LogP contribution is 2.32. The zero-order chi connectivity index (χ0) is 11.3. The summed E-state index contributed by atoms with van der Waals surface area (Å²) in [5.74, 6) is 0.842. The van der Waals surface area contributed by atoms with E-state index in [1.165, 1.54) is 44.1 Å². The highest BCUT2D eigenvalue weighted by atomic mass is 14.2. The third-order valence-electron chi connectivity index (χ3n) is 3.80. The Morgan fingerprint density at radius 2 is 2.20 bits per heavy atom. The van der Waals surface area contributed by atoms with Gasteiger partial charge in [0.1, 0.15) is 0 Å². The van der Waals surface area contributed by atoms with Crippen LogP contribution in [0.5, 0.6) is 0 Å². The zero-order valence-electron chi connectivity index (χ0n) is 10.9. The molecule has 86 valence electrons. The summed E-state index contributed by atoms with van der Waals surface area (Å²) in [4.78, 5) is 0. The van der Waals surface area contributed by atoms with E-state index < -0.39 is 0 Å². The lowest BCUT2D eigenvalue weighted by Gasteiger charge is -2.24. The molecule has 0 radical (unpaired) electrons. The quantitative estimate of drug-likeness (QED) is 0.550. The Bertz CT molecular complexity index is 255. The molecule has 0 spiro atoms. The van der Waals surface area contributed by atoms with E-state index in [1.54, 1.807) is 11.1 Å². The van der Waals surface area contributed by atoms with Crippen molar-refractivity contribution >= 4 is 0 Å². The molecule has 1 aliphatic rings. The molecule has 0 heteroatoms. The van der Waals surface area contributed by atoms with Crippen molar-refractivity contribution in [2.45, 2.75) is 66.2 Å². The summed E-state index contributed by atoms with van der Waals surface area (Å²) in [6, 6.07) is 0. The molecular weight excluding hydrogens is 180 g/mol. The Hall–Kier alpha value is -0.520. The number of hydrogen-bond donors (Lipinski definition) is 0. The van der Waals surface area contributed by atoms with E-state index in [4.69, 9.17) is 0 Å². The number of rotatable bonds is 4. The first-order valence-corrected chi connectivity index (χ1v) is 6.49. The lowest BCUT2D eigenvalue weighted by molar-refractivity contribution is 0.516. The molecule has 0 aromatic carbocycles. The van der Waals surface area contributed by atoms with Crippen LogP contribution in [0.15, 0.2) is 22.8 Å². The summed E-state index contributed by atoms with van der Waals surface area (Å²) in [6.07, 6.45) is 10.3. The summed E-state index contributed by atoms with van der Waals surface area (Å²) in [5.41, 5.74) is 4.97. The van der Waals surface area contributed by atoms with Gasteiger partial charge in [0, 0.05) is 0 Å². The van der Waals surface area contributed by atoms with E-state index in [-0.39, 0.29) is 0 Å². The highest BCUT2D eigenvalue weighted by Gasteiger charge is 2.15. The molecule has 0 nitrogen and oxygen atoms in total. The molecule has 0 saturated heterocycles. The van der Waals surface area contributed by atoms with Crippen LogP contribution in [-0.2, 0) is 0 Å². The Balaban J connectivity index is 2.49. The van der Waals surface area contributed by atoms with Gasteiger partial charge in [-0.3, -0.25) is 0 Å². The van der Waals surface area contributed by atoms with Crippen molar-refractivity contribution in [3.05, 3.63) is 22.8 Å². The largest absolute Gasteiger partial charge is 0.0853 e. The maximum Gasteiger partial charge on any atom is -0.0229 e. The molecule has 15 heavy (non-hydrogen) atoms. The predicted molar refractivity (Wildman–Crippen MR) is 69.0 cm³/mol. The van der Waals surface area contributed by atoms with E-state index in [0.29, 0.717) is 0 Å². The molecule has 0 amide bonds. The minimum atomic E-state index is 0.842. The molecule has 1 unspecified atom stereocenters. The lowest BCUT2D eigenvalue weighted by Crippen LogP contribution is -2.08. The summed E-state index contributed by atoms with van der Waals surface area (Å²) >= 11 is 0. The highest BCUT2D eigenvalue weighted by molar-refractivity contribution is 5.18. The molecule has 0 fully saturated rings. The standard InChI is InChI=1S/C15H26/c1-5-12(2)8-6-11-15-13(3)9-7-10-14(15)4/h8,13H,5-7,9-11H2,1-4H3/b12-8+. The molecule has 1 atom stereocenters. The first-order chi connectivity index (χ1) is 7.15. The van der Waals surface area contributed by atoms with Gasteiger partial charge in [-0.2, -0.15) is 0 Å². The summed E-state index contributed by atoms with van der Waals surface area (Å²) in [5, 5.41) is 0. The smallest absolute Gasteiger partial charge is 0.0229 e. The molecular formula is C15H26. The van der Waals surface area contributed by atoms with Gasteiger partial charge < -0.3 is 0 Å². The molecule has 0 aromatic heterocycles. The second-order valence-corrected chi connectivity index (χ2v) is 5.04. The van der Waals surface area contributed by atoms with E-state index in [1.807, 2.05) is 0 Å². The van der Waals surface area contributed by atoms with Crippen molar-refractivity contribution in [2.75, 3.05) is 0 Å². The van der Waals surface area contributed by atoms with Gasteiger partial charge in [-0.1, -0.05) is 36.6 Å². The average Bonchev–Trinajstić information content (AvgIpc) is 2.22. The minimum Gasteiger partial charge on any atom is -0.0853 e. The molecule has 1 rings (SSSR count). The van der Waals surface area contributed by atoms with Crippen LogP contribution < -0.4 is 0 Å². The molecule has 0 N–H and O–H groups in total. The fourth-order valence-electron chi connectivity index (χ4n) is 2.51. The monoisotopic (exact) mass is 206 g/mol. The molecule has 0 saturated carbocycles. The third kappa shape index (κ3) is 3.85. The van der Waals surface area contributed by atoms with Crippen molar-refractivity contribution < 1.29 is 0 Å². The average molecular weight is 206 g/mol. The summed E-state index contributed by atoms with van der Waals surface area (Å²) in [7, 11) is 0. The van der Waals surface area contributed by atoms with Crippen LogP contribution in [0, 0.1) is 5.92 Å². The number of hydrogen-bond acceptors (Lipinski definition) is 0. The van der Waals surface area contributed by atoms with Crippen molar-refractivity contribution in [2.24, 2.45) is 5.92 Å². The minimum absolute atomic E-state index is 0.842. The first-order valence-electron chi connectivity index (χ1n) is 6.49. The molecule has 0 aliphatic heterocycles. The second kappa shape index (κ2) is 6.15. The van der Waals surface area contributed by atoms with E-state index in [9.17, 15) is 0 Å². The van der Waals surface area contributed by atoms with Crippen molar-refractivity contribution in [3.8, 4) is 0 Å². The van der Waals surface area contributed by atoms with Gasteiger partial charge in [-0.15, -0.1) is 0 Å². The van der Waals surface area contributed by atoms with Gasteiger partial charge in [0.2, 0.25) is 0 Å². The molecule has 0 bridgehead atoms.